The summed E-state index contributed by atoms with van der Waals surface area (Å²) in [7, 11) is 2.17. The molecule has 28 heavy (non-hydrogen) atoms. The number of hydrogen-bond donors (Lipinski definition) is 1. The van der Waals surface area contributed by atoms with Gasteiger partial charge in [0.1, 0.15) is 5.82 Å². The average Bonchev–Trinajstić information content (AvgIpc) is 2.69. The Morgan fingerprint density at radius 1 is 1.21 bits per heavy atom. The van der Waals surface area contributed by atoms with Gasteiger partial charge in [-0.3, -0.25) is 9.69 Å². The molecule has 0 saturated carbocycles. The Balaban J connectivity index is 1.63. The van der Waals surface area contributed by atoms with E-state index in [1.807, 2.05) is 11.8 Å². The molecule has 2 aliphatic heterocycles. The highest BCUT2D eigenvalue weighted by Crippen LogP contribution is 2.27. The molecule has 2 saturated heterocycles. The molecule has 6 heteroatoms. The summed E-state index contributed by atoms with van der Waals surface area (Å²) in [5.41, 5.74) is 1.73. The Morgan fingerprint density at radius 3 is 2.64 bits per heavy atom. The Bertz CT molecular complexity index is 661. The quantitative estimate of drug-likeness (QED) is 0.805. The van der Waals surface area contributed by atoms with E-state index in [2.05, 4.69) is 16.8 Å². The average molecular weight is 392 g/mol. The molecule has 0 unspecified atom stereocenters. The molecule has 0 radical (unpaired) electrons. The van der Waals surface area contributed by atoms with E-state index < -0.39 is 0 Å². The van der Waals surface area contributed by atoms with Gasteiger partial charge in [-0.2, -0.15) is 0 Å². The van der Waals surface area contributed by atoms with Crippen LogP contribution in [0.15, 0.2) is 18.2 Å². The zero-order valence-corrected chi connectivity index (χ0v) is 17.2. The minimum absolute atomic E-state index is 0.125. The van der Waals surface area contributed by atoms with E-state index >= 15 is 0 Å². The van der Waals surface area contributed by atoms with Crippen LogP contribution in [0.5, 0.6) is 0 Å². The van der Waals surface area contributed by atoms with Crippen LogP contribution >= 0.6 is 0 Å². The van der Waals surface area contributed by atoms with Crippen molar-refractivity contribution in [1.29, 1.82) is 0 Å². The SMILES string of the molecule is Cc1cc(F)ccc1CC(=O)N1CC[C@@H](N2CCN(C)CC2)[C@@H](CCCO)C1. The predicted molar refractivity (Wildman–Crippen MR) is 109 cm³/mol. The molecule has 0 spiro atoms. The van der Waals surface area contributed by atoms with Crippen LogP contribution in [0.1, 0.15) is 30.4 Å². The summed E-state index contributed by atoms with van der Waals surface area (Å²) in [5.74, 6) is 0.272. The van der Waals surface area contributed by atoms with Crippen LogP contribution in [0.2, 0.25) is 0 Å². The third-order valence-corrected chi connectivity index (χ3v) is 6.43. The van der Waals surface area contributed by atoms with Crippen LogP contribution in [0.4, 0.5) is 4.39 Å². The van der Waals surface area contributed by atoms with Gasteiger partial charge in [-0.05, 0) is 62.4 Å². The zero-order chi connectivity index (χ0) is 20.1. The molecular weight excluding hydrogens is 357 g/mol. The number of piperazine rings is 1. The number of nitrogens with zero attached hydrogens (tertiary/aromatic N) is 3. The maximum Gasteiger partial charge on any atom is 0.227 e. The van der Waals surface area contributed by atoms with Gasteiger partial charge in [0.05, 0.1) is 6.42 Å². The maximum atomic E-state index is 13.3. The second-order valence-electron chi connectivity index (χ2n) is 8.41. The van der Waals surface area contributed by atoms with Gasteiger partial charge in [-0.25, -0.2) is 4.39 Å². The molecule has 2 fully saturated rings. The van der Waals surface area contributed by atoms with Gasteiger partial charge in [-0.1, -0.05) is 6.07 Å². The minimum atomic E-state index is -0.259. The number of aryl methyl sites for hydroxylation is 1. The largest absolute Gasteiger partial charge is 0.396 e. The summed E-state index contributed by atoms with van der Waals surface area (Å²) in [5, 5.41) is 9.32. The highest BCUT2D eigenvalue weighted by atomic mass is 19.1. The molecule has 2 atom stereocenters. The van der Waals surface area contributed by atoms with Crippen molar-refractivity contribution in [3.05, 3.63) is 35.1 Å². The fourth-order valence-corrected chi connectivity index (χ4v) is 4.65. The van der Waals surface area contributed by atoms with Crippen LogP contribution in [-0.4, -0.2) is 84.7 Å². The van der Waals surface area contributed by atoms with E-state index in [1.165, 1.54) is 12.1 Å². The molecule has 1 aromatic carbocycles. The zero-order valence-electron chi connectivity index (χ0n) is 17.2. The number of rotatable bonds is 6. The fraction of sp³-hybridized carbons (Fsp3) is 0.682. The third kappa shape index (κ3) is 5.31. The standard InChI is InChI=1S/C22H34FN3O2/c1-17-14-20(23)6-5-18(17)15-22(28)26-8-7-21(19(16-26)4-3-13-27)25-11-9-24(2)10-12-25/h5-6,14,19,21,27H,3-4,7-13,15-16H2,1-2H3/t19-,21+/m0/s1. The van der Waals surface area contributed by atoms with Crippen LogP contribution in [0.3, 0.4) is 0 Å². The highest BCUT2D eigenvalue weighted by molar-refractivity contribution is 5.79. The van der Waals surface area contributed by atoms with Gasteiger partial charge in [0, 0.05) is 51.9 Å². The Kier molecular flexibility index (Phi) is 7.43. The predicted octanol–water partition coefficient (Wildman–Crippen LogP) is 1.91. The molecule has 5 nitrogen and oxygen atoms in total. The van der Waals surface area contributed by atoms with E-state index in [1.54, 1.807) is 6.07 Å². The summed E-state index contributed by atoms with van der Waals surface area (Å²) in [6, 6.07) is 5.14. The third-order valence-electron chi connectivity index (χ3n) is 6.43. The molecular formula is C22H34FN3O2. The van der Waals surface area contributed by atoms with E-state index in [4.69, 9.17) is 0 Å². The lowest BCUT2D eigenvalue weighted by atomic mass is 9.86. The molecule has 0 aliphatic carbocycles. The summed E-state index contributed by atoms with van der Waals surface area (Å²) in [4.78, 5) is 19.9. The van der Waals surface area contributed by atoms with Gasteiger partial charge in [0.25, 0.3) is 0 Å². The van der Waals surface area contributed by atoms with E-state index in [-0.39, 0.29) is 18.3 Å². The van der Waals surface area contributed by atoms with Crippen molar-refractivity contribution in [3.8, 4) is 0 Å². The summed E-state index contributed by atoms with van der Waals surface area (Å²) in [6.07, 6.45) is 3.06. The fourth-order valence-electron chi connectivity index (χ4n) is 4.65. The van der Waals surface area contributed by atoms with Crippen LogP contribution in [-0.2, 0) is 11.2 Å². The Morgan fingerprint density at radius 2 is 1.96 bits per heavy atom. The molecule has 156 valence electrons. The summed E-state index contributed by atoms with van der Waals surface area (Å²) >= 11 is 0. The number of aliphatic hydroxyl groups excluding tert-OH is 1. The van der Waals surface area contributed by atoms with E-state index in [9.17, 15) is 14.3 Å². The van der Waals surface area contributed by atoms with Crippen molar-refractivity contribution in [1.82, 2.24) is 14.7 Å². The van der Waals surface area contributed by atoms with Crippen molar-refractivity contribution in [2.24, 2.45) is 5.92 Å². The van der Waals surface area contributed by atoms with Crippen molar-refractivity contribution in [3.63, 3.8) is 0 Å². The lowest BCUT2D eigenvalue weighted by Crippen LogP contribution is -2.57. The van der Waals surface area contributed by atoms with E-state index in [0.717, 1.165) is 69.7 Å². The van der Waals surface area contributed by atoms with Crippen molar-refractivity contribution < 1.29 is 14.3 Å². The van der Waals surface area contributed by atoms with Crippen molar-refractivity contribution >= 4 is 5.91 Å². The molecule has 2 heterocycles. The molecule has 1 amide bonds. The summed E-state index contributed by atoms with van der Waals surface area (Å²) in [6.45, 7) is 7.95. The lowest BCUT2D eigenvalue weighted by molar-refractivity contribution is -0.133. The van der Waals surface area contributed by atoms with Crippen LogP contribution in [0, 0.1) is 18.7 Å². The number of aliphatic hydroxyl groups is 1. The molecule has 0 bridgehead atoms. The van der Waals surface area contributed by atoms with Crippen molar-refractivity contribution in [2.75, 3.05) is 52.9 Å². The van der Waals surface area contributed by atoms with Crippen LogP contribution < -0.4 is 0 Å². The molecule has 3 rings (SSSR count). The normalized spacial score (nSPS) is 24.5. The van der Waals surface area contributed by atoms with Crippen LogP contribution in [0.25, 0.3) is 0 Å². The van der Waals surface area contributed by atoms with Gasteiger partial charge in [-0.15, -0.1) is 0 Å². The number of benzene rings is 1. The molecule has 1 N–H and O–H groups in total. The lowest BCUT2D eigenvalue weighted by Gasteiger charge is -2.46. The second kappa shape index (κ2) is 9.81. The number of hydrogen-bond acceptors (Lipinski definition) is 4. The maximum absolute atomic E-state index is 13.3. The number of piperidine rings is 1. The first-order valence-corrected chi connectivity index (χ1v) is 10.5. The highest BCUT2D eigenvalue weighted by Gasteiger charge is 2.35. The smallest absolute Gasteiger partial charge is 0.227 e. The first kappa shape index (κ1) is 21.2. The number of halogens is 1. The number of carbonyl (C=O) groups is 1. The van der Waals surface area contributed by atoms with Gasteiger partial charge < -0.3 is 14.9 Å². The molecule has 2 aliphatic rings. The molecule has 1 aromatic rings. The van der Waals surface area contributed by atoms with Gasteiger partial charge >= 0.3 is 0 Å². The van der Waals surface area contributed by atoms with Crippen molar-refractivity contribution in [2.45, 2.75) is 38.6 Å². The number of carbonyl (C=O) groups excluding carboxylic acids is 1. The number of likely N-dealkylation sites (tertiary alicyclic amines) is 1. The summed E-state index contributed by atoms with van der Waals surface area (Å²) < 4.78 is 13.3. The topological polar surface area (TPSA) is 47.0 Å². The minimum Gasteiger partial charge on any atom is -0.396 e. The number of likely N-dealkylation sites (N-methyl/N-ethyl adjacent to an activating group) is 1. The number of amides is 1. The van der Waals surface area contributed by atoms with E-state index in [0.29, 0.717) is 18.4 Å². The van der Waals surface area contributed by atoms with Gasteiger partial charge in [0.15, 0.2) is 0 Å². The first-order chi connectivity index (χ1) is 13.5. The Hall–Kier alpha value is -1.50. The Labute approximate surface area is 168 Å². The molecule has 0 aromatic heterocycles. The second-order valence-corrected chi connectivity index (χ2v) is 8.41. The first-order valence-electron chi connectivity index (χ1n) is 10.5. The van der Waals surface area contributed by atoms with Gasteiger partial charge in [0.2, 0.25) is 5.91 Å². The monoisotopic (exact) mass is 391 g/mol.